The highest BCUT2D eigenvalue weighted by atomic mass is 16.7. The van der Waals surface area contributed by atoms with Crippen LogP contribution in [0.25, 0.3) is 0 Å². The molecular formula is C22H22N2O5. The first-order chi connectivity index (χ1) is 13.8. The number of ether oxygens (including phenoxy) is 2. The molecule has 2 aliphatic rings. The second-order valence-electron chi connectivity index (χ2n) is 7.71. The summed E-state index contributed by atoms with van der Waals surface area (Å²) in [6.07, 6.45) is 0. The maximum absolute atomic E-state index is 13.1. The van der Waals surface area contributed by atoms with Crippen molar-refractivity contribution in [2.75, 3.05) is 13.3 Å². The van der Waals surface area contributed by atoms with Crippen molar-refractivity contribution in [3.05, 3.63) is 59.2 Å². The van der Waals surface area contributed by atoms with Gasteiger partial charge in [-0.3, -0.25) is 14.5 Å². The van der Waals surface area contributed by atoms with Crippen LogP contribution in [0.4, 0.5) is 4.79 Å². The van der Waals surface area contributed by atoms with Crippen molar-refractivity contribution in [2.45, 2.75) is 32.2 Å². The minimum atomic E-state index is -1.28. The molecule has 1 saturated heterocycles. The van der Waals surface area contributed by atoms with Crippen molar-refractivity contribution in [3.63, 3.8) is 0 Å². The molecule has 4 rings (SSSR count). The molecule has 3 amide bonds. The van der Waals surface area contributed by atoms with E-state index in [1.165, 1.54) is 0 Å². The van der Waals surface area contributed by atoms with Crippen LogP contribution in [0.15, 0.2) is 42.5 Å². The van der Waals surface area contributed by atoms with Gasteiger partial charge in [-0.2, -0.15) is 0 Å². The Morgan fingerprint density at radius 1 is 1.10 bits per heavy atom. The van der Waals surface area contributed by atoms with E-state index in [2.05, 4.69) is 19.2 Å². The highest BCUT2D eigenvalue weighted by Crippen LogP contribution is 2.37. The molecule has 0 saturated carbocycles. The third-order valence-electron chi connectivity index (χ3n) is 5.43. The second kappa shape index (κ2) is 6.92. The van der Waals surface area contributed by atoms with E-state index in [-0.39, 0.29) is 19.1 Å². The molecule has 0 radical (unpaired) electrons. The minimum absolute atomic E-state index is 0.117. The SMILES string of the molecule is CC(C)c1ccc(C(=O)CN2C(=O)NC(C)(c3ccc4c(c3)OCO4)C2=O)cc1. The molecule has 2 aliphatic heterocycles. The lowest BCUT2D eigenvalue weighted by molar-refractivity contribution is -0.130. The molecule has 0 bridgehead atoms. The van der Waals surface area contributed by atoms with E-state index >= 15 is 0 Å². The summed E-state index contributed by atoms with van der Waals surface area (Å²) in [6, 6.07) is 11.7. The third kappa shape index (κ3) is 3.22. The third-order valence-corrected chi connectivity index (χ3v) is 5.43. The molecule has 2 aromatic carbocycles. The maximum atomic E-state index is 13.1. The van der Waals surface area contributed by atoms with Gasteiger partial charge in [0, 0.05) is 5.56 Å². The Labute approximate surface area is 168 Å². The van der Waals surface area contributed by atoms with Crippen molar-refractivity contribution < 1.29 is 23.9 Å². The van der Waals surface area contributed by atoms with Crippen molar-refractivity contribution >= 4 is 17.7 Å². The first kappa shape index (κ1) is 19.0. The van der Waals surface area contributed by atoms with Gasteiger partial charge < -0.3 is 14.8 Å². The van der Waals surface area contributed by atoms with Crippen molar-refractivity contribution in [3.8, 4) is 11.5 Å². The maximum Gasteiger partial charge on any atom is 0.325 e. The zero-order valence-electron chi connectivity index (χ0n) is 16.5. The molecule has 0 aliphatic carbocycles. The fourth-order valence-electron chi connectivity index (χ4n) is 3.53. The van der Waals surface area contributed by atoms with Crippen LogP contribution in [0.3, 0.4) is 0 Å². The normalized spacial score (nSPS) is 20.3. The van der Waals surface area contributed by atoms with E-state index in [1.54, 1.807) is 37.3 Å². The monoisotopic (exact) mass is 394 g/mol. The van der Waals surface area contributed by atoms with E-state index < -0.39 is 17.5 Å². The van der Waals surface area contributed by atoms with Crippen LogP contribution in [0.1, 0.15) is 48.2 Å². The molecule has 29 heavy (non-hydrogen) atoms. The Morgan fingerprint density at radius 3 is 2.48 bits per heavy atom. The van der Waals surface area contributed by atoms with Gasteiger partial charge in [0.2, 0.25) is 6.79 Å². The van der Waals surface area contributed by atoms with Crippen molar-refractivity contribution in [2.24, 2.45) is 0 Å². The molecule has 7 heteroatoms. The van der Waals surface area contributed by atoms with E-state index in [4.69, 9.17) is 9.47 Å². The van der Waals surface area contributed by atoms with Gasteiger partial charge in [-0.25, -0.2) is 4.79 Å². The molecule has 1 atom stereocenters. The zero-order valence-corrected chi connectivity index (χ0v) is 16.5. The molecule has 0 aromatic heterocycles. The zero-order chi connectivity index (χ0) is 20.8. The summed E-state index contributed by atoms with van der Waals surface area (Å²) in [6.45, 7) is 5.56. The van der Waals surface area contributed by atoms with Crippen molar-refractivity contribution in [1.82, 2.24) is 10.2 Å². The van der Waals surface area contributed by atoms with E-state index in [0.717, 1.165) is 10.5 Å². The van der Waals surface area contributed by atoms with Gasteiger partial charge in [0.1, 0.15) is 5.54 Å². The topological polar surface area (TPSA) is 84.9 Å². The lowest BCUT2D eigenvalue weighted by Crippen LogP contribution is -2.41. The number of fused-ring (bicyclic) bond motifs is 1. The molecular weight excluding hydrogens is 372 g/mol. The number of Topliss-reactive ketones (excluding diaryl/α,β-unsaturated/α-hetero) is 1. The molecule has 2 aromatic rings. The largest absolute Gasteiger partial charge is 0.454 e. The molecule has 7 nitrogen and oxygen atoms in total. The van der Waals surface area contributed by atoms with E-state index in [1.807, 2.05) is 12.1 Å². The number of carbonyl (C=O) groups is 3. The Morgan fingerprint density at radius 2 is 1.79 bits per heavy atom. The Bertz CT molecular complexity index is 999. The lowest BCUT2D eigenvalue weighted by atomic mass is 9.91. The number of nitrogens with zero attached hydrogens (tertiary/aromatic N) is 1. The van der Waals surface area contributed by atoms with Gasteiger partial charge in [-0.05, 0) is 36.1 Å². The highest BCUT2D eigenvalue weighted by Gasteiger charge is 2.49. The van der Waals surface area contributed by atoms with Crippen LogP contribution in [0.5, 0.6) is 11.5 Å². The smallest absolute Gasteiger partial charge is 0.325 e. The van der Waals surface area contributed by atoms with Crippen LogP contribution < -0.4 is 14.8 Å². The number of carbonyl (C=O) groups excluding carboxylic acids is 3. The van der Waals surface area contributed by atoms with Gasteiger partial charge in [-0.15, -0.1) is 0 Å². The Balaban J connectivity index is 1.54. The quantitative estimate of drug-likeness (QED) is 0.622. The van der Waals surface area contributed by atoms with Crippen LogP contribution in [-0.2, 0) is 10.3 Å². The van der Waals surface area contributed by atoms with Gasteiger partial charge in [0.05, 0.1) is 6.54 Å². The summed E-state index contributed by atoms with van der Waals surface area (Å²) in [5.41, 5.74) is 0.870. The molecule has 2 heterocycles. The first-order valence-electron chi connectivity index (χ1n) is 9.47. The van der Waals surface area contributed by atoms with E-state index in [0.29, 0.717) is 28.5 Å². The summed E-state index contributed by atoms with van der Waals surface area (Å²) in [4.78, 5) is 39.2. The summed E-state index contributed by atoms with van der Waals surface area (Å²) in [7, 11) is 0. The Hall–Kier alpha value is -3.35. The highest BCUT2D eigenvalue weighted by molar-refractivity contribution is 6.11. The predicted octanol–water partition coefficient (Wildman–Crippen LogP) is 3.19. The molecule has 1 N–H and O–H groups in total. The first-order valence-corrected chi connectivity index (χ1v) is 9.47. The van der Waals surface area contributed by atoms with Crippen molar-refractivity contribution in [1.29, 1.82) is 0 Å². The fraction of sp³-hybridized carbons (Fsp3) is 0.318. The van der Waals surface area contributed by atoms with Gasteiger partial charge >= 0.3 is 6.03 Å². The van der Waals surface area contributed by atoms with Gasteiger partial charge in [0.15, 0.2) is 17.3 Å². The lowest BCUT2D eigenvalue weighted by Gasteiger charge is -2.22. The molecule has 1 fully saturated rings. The average Bonchev–Trinajstić information content (AvgIpc) is 3.26. The molecule has 0 spiro atoms. The number of hydrogen-bond acceptors (Lipinski definition) is 5. The van der Waals surface area contributed by atoms with E-state index in [9.17, 15) is 14.4 Å². The average molecular weight is 394 g/mol. The number of ketones is 1. The number of imide groups is 1. The number of nitrogens with one attached hydrogen (secondary N) is 1. The number of urea groups is 1. The van der Waals surface area contributed by atoms with Crippen LogP contribution in [0, 0.1) is 0 Å². The van der Waals surface area contributed by atoms with Gasteiger partial charge in [0.25, 0.3) is 5.91 Å². The number of rotatable bonds is 5. The number of hydrogen-bond donors (Lipinski definition) is 1. The molecule has 1 unspecified atom stereocenters. The van der Waals surface area contributed by atoms with Crippen LogP contribution in [0.2, 0.25) is 0 Å². The fourth-order valence-corrected chi connectivity index (χ4v) is 3.53. The van der Waals surface area contributed by atoms with Crippen LogP contribution >= 0.6 is 0 Å². The van der Waals surface area contributed by atoms with Gasteiger partial charge in [-0.1, -0.05) is 44.2 Å². The standard InChI is InChI=1S/C22H22N2O5/c1-13(2)14-4-6-15(7-5-14)17(25)11-24-20(26)22(3,23-21(24)27)16-8-9-18-19(10-16)29-12-28-18/h4-10,13H,11-12H2,1-3H3,(H,23,27). The summed E-state index contributed by atoms with van der Waals surface area (Å²) < 4.78 is 10.7. The number of benzene rings is 2. The minimum Gasteiger partial charge on any atom is -0.454 e. The molecule has 150 valence electrons. The summed E-state index contributed by atoms with van der Waals surface area (Å²) in [5.74, 6) is 0.691. The summed E-state index contributed by atoms with van der Waals surface area (Å²) in [5, 5.41) is 2.71. The van der Waals surface area contributed by atoms with Crippen LogP contribution in [-0.4, -0.2) is 36.0 Å². The summed E-state index contributed by atoms with van der Waals surface area (Å²) >= 11 is 0. The number of amides is 3. The predicted molar refractivity (Wildman–Crippen MR) is 105 cm³/mol. The Kier molecular flexibility index (Phi) is 4.53. The second-order valence-corrected chi connectivity index (χ2v) is 7.71.